The highest BCUT2D eigenvalue weighted by atomic mass is 16.5. The molecule has 2 atom stereocenters. The minimum absolute atomic E-state index is 0.162. The van der Waals surface area contributed by atoms with E-state index in [9.17, 15) is 9.59 Å². The molecule has 17 heavy (non-hydrogen) atoms. The van der Waals surface area contributed by atoms with E-state index in [0.29, 0.717) is 12.8 Å². The predicted molar refractivity (Wildman–Crippen MR) is 59.5 cm³/mol. The van der Waals surface area contributed by atoms with Gasteiger partial charge >= 0.3 is 5.97 Å². The van der Waals surface area contributed by atoms with E-state index in [4.69, 9.17) is 14.9 Å². The first-order valence-corrected chi connectivity index (χ1v) is 5.56. The van der Waals surface area contributed by atoms with E-state index in [-0.39, 0.29) is 12.5 Å². The summed E-state index contributed by atoms with van der Waals surface area (Å²) in [6, 6.07) is 0. The Kier molecular flexibility index (Phi) is 4.11. The van der Waals surface area contributed by atoms with Crippen molar-refractivity contribution < 1.29 is 24.5 Å². The van der Waals surface area contributed by atoms with Gasteiger partial charge in [0.05, 0.1) is 12.1 Å². The average Bonchev–Trinajstić information content (AvgIpc) is 2.76. The molecule has 0 unspecified atom stereocenters. The van der Waals surface area contributed by atoms with Crippen LogP contribution in [0, 0.1) is 0 Å². The van der Waals surface area contributed by atoms with E-state index >= 15 is 0 Å². The second kappa shape index (κ2) is 5.01. The normalized spacial score (nSPS) is 24.7. The van der Waals surface area contributed by atoms with Gasteiger partial charge in [0.2, 0.25) is 0 Å². The first-order valence-electron chi connectivity index (χ1n) is 5.56. The number of carboxylic acids is 1. The Hall–Kier alpha value is -1.14. The predicted octanol–water partition coefficient (Wildman–Crippen LogP) is -0.152. The Morgan fingerprint density at radius 1 is 1.35 bits per heavy atom. The van der Waals surface area contributed by atoms with Crippen LogP contribution in [-0.2, 0) is 14.3 Å². The highest BCUT2D eigenvalue weighted by Gasteiger charge is 2.39. The van der Waals surface area contributed by atoms with E-state index in [1.54, 1.807) is 20.9 Å². The molecule has 0 saturated carbocycles. The fourth-order valence-corrected chi connectivity index (χ4v) is 1.62. The highest BCUT2D eigenvalue weighted by molar-refractivity contribution is 5.83. The van der Waals surface area contributed by atoms with Crippen LogP contribution < -0.4 is 0 Å². The minimum atomic E-state index is -1.04. The molecule has 6 nitrogen and oxygen atoms in total. The summed E-state index contributed by atoms with van der Waals surface area (Å²) < 4.78 is 5.17. The molecule has 1 aliphatic heterocycles. The summed E-state index contributed by atoms with van der Waals surface area (Å²) in [5, 5.41) is 17.9. The van der Waals surface area contributed by atoms with Crippen molar-refractivity contribution in [3.63, 3.8) is 0 Å². The lowest BCUT2D eigenvalue weighted by atomic mass is 10.0. The maximum Gasteiger partial charge on any atom is 0.332 e. The lowest BCUT2D eigenvalue weighted by Crippen LogP contribution is -2.51. The maximum atomic E-state index is 12.0. The van der Waals surface area contributed by atoms with Crippen molar-refractivity contribution in [2.75, 3.05) is 13.7 Å². The average molecular weight is 245 g/mol. The van der Waals surface area contributed by atoms with Crippen molar-refractivity contribution in [3.8, 4) is 0 Å². The topological polar surface area (TPSA) is 87.1 Å². The quantitative estimate of drug-likeness (QED) is 0.719. The number of carbonyl (C=O) groups is 2. The molecule has 0 spiro atoms. The molecule has 0 aromatic rings. The minimum Gasteiger partial charge on any atom is -0.479 e. The molecule has 1 rings (SSSR count). The van der Waals surface area contributed by atoms with Crippen LogP contribution in [0.5, 0.6) is 0 Å². The Labute approximate surface area is 100 Å². The molecular weight excluding hydrogens is 226 g/mol. The van der Waals surface area contributed by atoms with Crippen LogP contribution >= 0.6 is 0 Å². The van der Waals surface area contributed by atoms with Crippen LogP contribution in [0.1, 0.15) is 26.7 Å². The molecule has 1 amide bonds. The fourth-order valence-electron chi connectivity index (χ4n) is 1.62. The van der Waals surface area contributed by atoms with Crippen LogP contribution in [0.25, 0.3) is 0 Å². The van der Waals surface area contributed by atoms with Gasteiger partial charge in [-0.25, -0.2) is 4.79 Å². The van der Waals surface area contributed by atoms with E-state index in [1.165, 1.54) is 4.90 Å². The second-order valence-electron chi connectivity index (χ2n) is 4.90. The lowest BCUT2D eigenvalue weighted by molar-refractivity contribution is -0.156. The zero-order valence-electron chi connectivity index (χ0n) is 10.3. The fraction of sp³-hybridized carbons (Fsp3) is 0.818. The van der Waals surface area contributed by atoms with Crippen molar-refractivity contribution in [2.45, 2.75) is 44.4 Å². The van der Waals surface area contributed by atoms with E-state index in [0.717, 1.165) is 0 Å². The second-order valence-corrected chi connectivity index (χ2v) is 4.90. The van der Waals surface area contributed by atoms with E-state index in [2.05, 4.69) is 0 Å². The SMILES string of the molecule is CN(C(=O)[C@@H]1CC[C@H](C(=O)O)O1)C(C)(C)CO. The molecule has 1 saturated heterocycles. The van der Waals surface area contributed by atoms with Crippen molar-refractivity contribution in [3.05, 3.63) is 0 Å². The number of nitrogens with zero attached hydrogens (tertiary/aromatic N) is 1. The van der Waals surface area contributed by atoms with Gasteiger partial charge in [-0.05, 0) is 26.7 Å². The number of carbonyl (C=O) groups excluding carboxylic acids is 1. The summed E-state index contributed by atoms with van der Waals surface area (Å²) in [4.78, 5) is 24.1. The van der Waals surface area contributed by atoms with E-state index < -0.39 is 23.7 Å². The zero-order chi connectivity index (χ0) is 13.2. The summed E-state index contributed by atoms with van der Waals surface area (Å²) in [6.07, 6.45) is -0.859. The molecule has 1 fully saturated rings. The summed E-state index contributed by atoms with van der Waals surface area (Å²) in [6.45, 7) is 3.30. The van der Waals surface area contributed by atoms with Crippen LogP contribution in [0.3, 0.4) is 0 Å². The molecule has 0 aromatic heterocycles. The highest BCUT2D eigenvalue weighted by Crippen LogP contribution is 2.23. The largest absolute Gasteiger partial charge is 0.479 e. The number of likely N-dealkylation sites (N-methyl/N-ethyl adjacent to an activating group) is 1. The Balaban J connectivity index is 2.64. The Bertz CT molecular complexity index is 315. The number of hydrogen-bond donors (Lipinski definition) is 2. The molecule has 0 bridgehead atoms. The van der Waals surface area contributed by atoms with Gasteiger partial charge in [-0.1, -0.05) is 0 Å². The summed E-state index contributed by atoms with van der Waals surface area (Å²) in [7, 11) is 1.58. The number of rotatable bonds is 4. The number of hydrogen-bond acceptors (Lipinski definition) is 4. The zero-order valence-corrected chi connectivity index (χ0v) is 10.3. The monoisotopic (exact) mass is 245 g/mol. The third-order valence-electron chi connectivity index (χ3n) is 3.20. The third-order valence-corrected chi connectivity index (χ3v) is 3.20. The maximum absolute atomic E-state index is 12.0. The number of aliphatic hydroxyl groups is 1. The van der Waals surface area contributed by atoms with Gasteiger partial charge < -0.3 is 19.8 Å². The van der Waals surface area contributed by atoms with Gasteiger partial charge in [0.1, 0.15) is 6.10 Å². The molecule has 1 heterocycles. The summed E-state index contributed by atoms with van der Waals surface area (Å²) in [5.41, 5.74) is -0.679. The van der Waals surface area contributed by atoms with Crippen LogP contribution in [0.4, 0.5) is 0 Å². The third kappa shape index (κ3) is 2.95. The van der Waals surface area contributed by atoms with Crippen LogP contribution in [0.2, 0.25) is 0 Å². The van der Waals surface area contributed by atoms with Gasteiger partial charge in [-0.3, -0.25) is 4.79 Å². The molecule has 0 radical (unpaired) electrons. The lowest BCUT2D eigenvalue weighted by Gasteiger charge is -2.35. The van der Waals surface area contributed by atoms with Crippen LogP contribution in [-0.4, -0.2) is 58.4 Å². The number of ether oxygens (including phenoxy) is 1. The first kappa shape index (κ1) is 13.9. The molecule has 0 aliphatic carbocycles. The molecule has 0 aromatic carbocycles. The number of aliphatic carboxylic acids is 1. The van der Waals surface area contributed by atoms with Gasteiger partial charge in [0, 0.05) is 7.05 Å². The van der Waals surface area contributed by atoms with Crippen molar-refractivity contribution >= 4 is 11.9 Å². The van der Waals surface area contributed by atoms with Gasteiger partial charge in [-0.15, -0.1) is 0 Å². The standard InChI is InChI=1S/C11H19NO5/c1-11(2,6-13)12(3)9(14)7-4-5-8(17-7)10(15)16/h7-8,13H,4-6H2,1-3H3,(H,15,16)/t7-,8+/m0/s1. The van der Waals surface area contributed by atoms with Gasteiger partial charge in [-0.2, -0.15) is 0 Å². The molecule has 1 aliphatic rings. The smallest absolute Gasteiger partial charge is 0.332 e. The van der Waals surface area contributed by atoms with Crippen molar-refractivity contribution in [1.82, 2.24) is 4.90 Å². The summed E-state index contributed by atoms with van der Waals surface area (Å²) in [5.74, 6) is -1.32. The summed E-state index contributed by atoms with van der Waals surface area (Å²) >= 11 is 0. The number of amides is 1. The molecule has 98 valence electrons. The number of carboxylic acid groups (broad SMARTS) is 1. The Morgan fingerprint density at radius 3 is 2.29 bits per heavy atom. The van der Waals surface area contributed by atoms with Gasteiger partial charge in [0.15, 0.2) is 6.10 Å². The Morgan fingerprint density at radius 2 is 1.88 bits per heavy atom. The molecule has 6 heteroatoms. The van der Waals surface area contributed by atoms with Crippen LogP contribution in [0.15, 0.2) is 0 Å². The first-order chi connectivity index (χ1) is 7.79. The molecular formula is C11H19NO5. The number of aliphatic hydroxyl groups excluding tert-OH is 1. The van der Waals surface area contributed by atoms with Crippen molar-refractivity contribution in [1.29, 1.82) is 0 Å². The van der Waals surface area contributed by atoms with Gasteiger partial charge in [0.25, 0.3) is 5.91 Å². The van der Waals surface area contributed by atoms with Crippen molar-refractivity contribution in [2.24, 2.45) is 0 Å². The van der Waals surface area contributed by atoms with E-state index in [1.807, 2.05) is 0 Å². The molecule has 2 N–H and O–H groups in total.